The molecular formula is C34H22F6N6O6S2. The van der Waals surface area contributed by atoms with Crippen LogP contribution in [0.1, 0.15) is 11.1 Å². The van der Waals surface area contributed by atoms with Gasteiger partial charge in [-0.2, -0.15) is 53.4 Å². The van der Waals surface area contributed by atoms with Crippen LogP contribution in [0.3, 0.4) is 0 Å². The van der Waals surface area contributed by atoms with Crippen LogP contribution in [0.15, 0.2) is 105 Å². The van der Waals surface area contributed by atoms with E-state index in [4.69, 9.17) is 14.3 Å². The molecule has 6 aromatic rings. The number of halogens is 6. The Bertz CT molecular complexity index is 2710. The van der Waals surface area contributed by atoms with E-state index in [1.807, 2.05) is 0 Å². The zero-order chi connectivity index (χ0) is 41.1. The largest absolute Gasteiger partial charge is 0.417 e. The molecule has 0 saturated carbocycles. The van der Waals surface area contributed by atoms with Crippen LogP contribution < -0.4 is 11.5 Å². The summed E-state index contributed by atoms with van der Waals surface area (Å²) in [7, 11) is -10.9. The van der Waals surface area contributed by atoms with E-state index in [0.717, 1.165) is 24.3 Å². The molecule has 0 unspecified atom stereocenters. The van der Waals surface area contributed by atoms with Gasteiger partial charge in [0.15, 0.2) is 0 Å². The molecule has 0 atom stereocenters. The topological polar surface area (TPSA) is 233 Å². The van der Waals surface area contributed by atoms with Crippen molar-refractivity contribution in [1.29, 1.82) is 11.0 Å². The Labute approximate surface area is 303 Å². The average molecular weight is 789 g/mol. The molecular weight excluding hydrogens is 767 g/mol. The van der Waals surface area contributed by atoms with Gasteiger partial charge in [-0.25, -0.2) is 11.0 Å². The maximum Gasteiger partial charge on any atom is 0.417 e. The number of fused-ring (bicyclic) bond motifs is 2. The van der Waals surface area contributed by atoms with Gasteiger partial charge in [-0.15, -0.1) is 0 Å². The van der Waals surface area contributed by atoms with Crippen LogP contribution in [0.5, 0.6) is 0 Å². The fourth-order valence-corrected chi connectivity index (χ4v) is 8.19. The average Bonchev–Trinajstić information content (AvgIpc) is 3.11. The predicted octanol–water partition coefficient (Wildman–Crippen LogP) is 10.0. The molecule has 0 aliphatic carbocycles. The van der Waals surface area contributed by atoms with Crippen LogP contribution in [0.4, 0.5) is 49.1 Å². The normalized spacial score (nSPS) is 13.6. The lowest BCUT2D eigenvalue weighted by Crippen LogP contribution is -2.11. The van der Waals surface area contributed by atoms with Crippen LogP contribution in [0.25, 0.3) is 54.9 Å². The molecule has 0 fully saturated rings. The number of nitrogens with one attached hydrogen (secondary N) is 2. The molecule has 12 nitrogen and oxygen atoms in total. The fourth-order valence-electron chi connectivity index (χ4n) is 6.44. The molecule has 0 aliphatic heterocycles. The van der Waals surface area contributed by atoms with Crippen molar-refractivity contribution in [3.63, 3.8) is 0 Å². The van der Waals surface area contributed by atoms with Crippen LogP contribution in [0, 0.1) is 11.0 Å². The van der Waals surface area contributed by atoms with Crippen molar-refractivity contribution in [1.82, 2.24) is 0 Å². The number of anilines is 2. The minimum atomic E-state index is -5.47. The smallest absolute Gasteiger partial charge is 0.396 e. The van der Waals surface area contributed by atoms with Crippen LogP contribution >= 0.6 is 0 Å². The van der Waals surface area contributed by atoms with Crippen molar-refractivity contribution in [3.8, 4) is 33.4 Å². The number of hydrogen-bond acceptors (Lipinski definition) is 10. The second-order valence-corrected chi connectivity index (χ2v) is 14.4. The number of nitrogen functional groups attached to an aromatic ring is 2. The highest BCUT2D eigenvalue weighted by Gasteiger charge is 2.39. The zero-order valence-corrected chi connectivity index (χ0v) is 28.3. The first-order valence-corrected chi connectivity index (χ1v) is 17.8. The van der Waals surface area contributed by atoms with Crippen molar-refractivity contribution in [2.45, 2.75) is 22.1 Å². The first-order valence-electron chi connectivity index (χ1n) is 15.8. The van der Waals surface area contributed by atoms with Gasteiger partial charge in [0.1, 0.15) is 21.2 Å². The van der Waals surface area contributed by atoms with E-state index in [-0.39, 0.29) is 21.5 Å². The third-order valence-corrected chi connectivity index (χ3v) is 10.4. The second-order valence-electron chi connectivity index (χ2n) is 11.7. The van der Waals surface area contributed by atoms with Crippen molar-refractivity contribution in [2.24, 2.45) is 10.2 Å². The Hall–Kier alpha value is -5.96. The lowest BCUT2D eigenvalue weighted by Gasteiger charge is -2.22. The summed E-state index contributed by atoms with van der Waals surface area (Å²) in [5.41, 5.74) is 7.69. The summed E-state index contributed by atoms with van der Waals surface area (Å²) < 4.78 is 176. The Balaban J connectivity index is 1.70. The summed E-state index contributed by atoms with van der Waals surface area (Å²) in [6.45, 7) is 0. The van der Waals surface area contributed by atoms with Crippen molar-refractivity contribution in [2.75, 3.05) is 11.5 Å². The number of nitrogens with two attached hydrogens (primary N) is 2. The molecule has 0 aliphatic rings. The van der Waals surface area contributed by atoms with Crippen LogP contribution in [0.2, 0.25) is 2.82 Å². The third-order valence-electron chi connectivity index (χ3n) is 8.61. The lowest BCUT2D eigenvalue weighted by atomic mass is 9.88. The van der Waals surface area contributed by atoms with Gasteiger partial charge in [0.05, 0.1) is 22.5 Å². The molecule has 0 heterocycles. The number of benzene rings is 6. The molecule has 0 bridgehead atoms. The highest BCUT2D eigenvalue weighted by atomic mass is 32.2. The van der Waals surface area contributed by atoms with Gasteiger partial charge in [0, 0.05) is 21.9 Å². The lowest BCUT2D eigenvalue weighted by molar-refractivity contribution is -0.138. The summed E-state index contributed by atoms with van der Waals surface area (Å²) in [6.07, 6.45) is -10.7. The van der Waals surface area contributed by atoms with Crippen molar-refractivity contribution in [3.05, 3.63) is 96.1 Å². The Morgan fingerprint density at radius 3 is 1.20 bits per heavy atom. The molecule has 54 heavy (non-hydrogen) atoms. The molecule has 20 heteroatoms. The van der Waals surface area contributed by atoms with Gasteiger partial charge in [-0.3, -0.25) is 9.11 Å². The molecule has 0 saturated heterocycles. The van der Waals surface area contributed by atoms with E-state index < -0.39 is 110 Å². The summed E-state index contributed by atoms with van der Waals surface area (Å²) in [6, 6.07) is 14.8. The molecule has 0 radical (unpaired) electrons. The van der Waals surface area contributed by atoms with E-state index in [9.17, 15) is 52.3 Å². The minimum absolute atomic E-state index is 0.0354. The number of hydrogen-bond donors (Lipinski definition) is 6. The number of rotatable bonds is 7. The van der Waals surface area contributed by atoms with Crippen molar-refractivity contribution >= 4 is 64.5 Å². The van der Waals surface area contributed by atoms with Gasteiger partial charge in [0.2, 0.25) is 2.82 Å². The van der Waals surface area contributed by atoms with E-state index in [2.05, 4.69) is 21.3 Å². The van der Waals surface area contributed by atoms with E-state index in [1.54, 1.807) is 0 Å². The zero-order valence-electron chi connectivity index (χ0n) is 28.6. The first-order chi connectivity index (χ1) is 26.1. The summed E-state index contributed by atoms with van der Waals surface area (Å²) in [4.78, 5) is -2.44. The molecule has 0 amide bonds. The van der Waals surface area contributed by atoms with Gasteiger partial charge in [-0.1, -0.05) is 72.8 Å². The second kappa shape index (κ2) is 12.9. The van der Waals surface area contributed by atoms with Crippen molar-refractivity contribution < 1.29 is 55.1 Å². The third kappa shape index (κ3) is 6.27. The summed E-state index contributed by atoms with van der Waals surface area (Å²) in [5.74, 6) is 0. The molecule has 8 N–H and O–H groups in total. The van der Waals surface area contributed by atoms with E-state index in [0.29, 0.717) is 12.1 Å². The quantitative estimate of drug-likeness (QED) is 0.0393. The Morgan fingerprint density at radius 2 is 0.907 bits per heavy atom. The van der Waals surface area contributed by atoms with Gasteiger partial charge in [0.25, 0.3) is 20.2 Å². The Morgan fingerprint density at radius 1 is 0.574 bits per heavy atom. The standard InChI is InChI=1S/C34H22F6N6O6S2/c35-33(36,37)23-13-15(9-11-21(23)25-17-5-1-3-7-19(17)27(41)29(45-43)31(25)53(47,48)49)16-10-12-22(24(14-16)34(38,39)40)26-18-6-2-4-8-20(18)28(42)30(46-44)32(26)54(50,51)52/h1-14,43-44H,41-42H2,(H,47,48,49)(H,50,51,52)/b45-43+,46-44+. The molecule has 0 aromatic heterocycles. The number of nitrogens with zero attached hydrogens (tertiary/aromatic N) is 2. The maximum absolute atomic E-state index is 15.0. The predicted molar refractivity (Wildman–Crippen MR) is 186 cm³/mol. The van der Waals surface area contributed by atoms with Gasteiger partial charge < -0.3 is 11.5 Å². The fraction of sp³-hybridized carbons (Fsp3) is 0.0588. The van der Waals surface area contributed by atoms with Crippen LogP contribution in [-0.2, 0) is 32.6 Å². The van der Waals surface area contributed by atoms with E-state index in [1.165, 1.54) is 48.5 Å². The summed E-state index contributed by atoms with van der Waals surface area (Å²) in [5, 5.41) is 6.21. The number of alkyl halides is 6. The van der Waals surface area contributed by atoms with Gasteiger partial charge in [-0.05, 0) is 45.2 Å². The highest BCUT2D eigenvalue weighted by Crippen LogP contribution is 2.52. The Kier molecular flexibility index (Phi) is 8.36. The van der Waals surface area contributed by atoms with Crippen LogP contribution in [-0.4, -0.2) is 25.9 Å². The molecule has 6 rings (SSSR count). The maximum atomic E-state index is 15.0. The first kappa shape index (κ1) is 35.1. The highest BCUT2D eigenvalue weighted by molar-refractivity contribution is 7.86. The monoisotopic (exact) mass is 788 g/mol. The minimum Gasteiger partial charge on any atom is -0.396 e. The van der Waals surface area contributed by atoms with Gasteiger partial charge >= 0.3 is 12.4 Å². The summed E-state index contributed by atoms with van der Waals surface area (Å²) >= 11 is 0. The molecule has 0 spiro atoms. The molecule has 278 valence electrons. The molecule has 6 aromatic carbocycles. The SMILES string of the molecule is [H]/N=N/c1c(S(=O)(=O)O)c(-c2ccc(-c3ccc(-c4c(S(=O)(=O)O)c(/N=N/[H])c(N)c5ccccc45)c(C(F)(F)F)c3)cc2C(F)(F)F)c2ccccc2c1N. The van der Waals surface area contributed by atoms with E-state index >= 15 is 0 Å².